The Morgan fingerprint density at radius 2 is 1.61 bits per heavy atom. The number of aromatic amines is 1. The third-order valence-corrected chi connectivity index (χ3v) is 9.25. The first kappa shape index (κ1) is 26.5. The maximum atomic E-state index is 13.0. The number of fused-ring (bicyclic) bond motifs is 3. The highest BCUT2D eigenvalue weighted by Gasteiger charge is 2.56. The topological polar surface area (TPSA) is 76.7 Å². The van der Waals surface area contributed by atoms with E-state index >= 15 is 0 Å². The van der Waals surface area contributed by atoms with Gasteiger partial charge in [0.2, 0.25) is 0 Å². The van der Waals surface area contributed by atoms with Gasteiger partial charge in [0.05, 0.1) is 28.3 Å². The monoisotopic (exact) mass is 551 g/mol. The average molecular weight is 551 g/mol. The van der Waals surface area contributed by atoms with Gasteiger partial charge < -0.3 is 19.0 Å². The number of nitrogens with one attached hydrogen (secondary N) is 1. The Bertz CT molecular complexity index is 1670. The molecule has 41 heavy (non-hydrogen) atoms. The number of hydrogen-bond donors (Lipinski definition) is 1. The summed E-state index contributed by atoms with van der Waals surface area (Å²) in [6.45, 7) is 14.0. The molecule has 1 saturated carbocycles. The molecule has 0 spiro atoms. The van der Waals surface area contributed by atoms with Crippen LogP contribution in [0, 0.1) is 5.92 Å². The maximum absolute atomic E-state index is 13.0. The summed E-state index contributed by atoms with van der Waals surface area (Å²) in [5.74, 6) is 1.38. The summed E-state index contributed by atoms with van der Waals surface area (Å²) in [6.07, 6.45) is 1.74. The van der Waals surface area contributed by atoms with Crippen LogP contribution >= 0.6 is 0 Å². The van der Waals surface area contributed by atoms with Crippen molar-refractivity contribution in [2.45, 2.75) is 90.2 Å². The van der Waals surface area contributed by atoms with Crippen LogP contribution in [0.5, 0.6) is 0 Å². The molecule has 7 nitrogen and oxygen atoms in total. The van der Waals surface area contributed by atoms with E-state index < -0.39 is 5.60 Å². The van der Waals surface area contributed by atoms with Gasteiger partial charge in [-0.05, 0) is 113 Å². The van der Waals surface area contributed by atoms with Gasteiger partial charge in [0.15, 0.2) is 0 Å². The smallest absolute Gasteiger partial charge is 0.444 e. The number of carbonyl (C=O) groups excluding carboxylic acids is 1. The van der Waals surface area contributed by atoms with E-state index in [2.05, 4.69) is 87.3 Å². The lowest BCUT2D eigenvalue weighted by atomic mass is 9.78. The van der Waals surface area contributed by atoms with Crippen molar-refractivity contribution >= 4 is 40.5 Å². The Morgan fingerprint density at radius 3 is 2.34 bits per heavy atom. The van der Waals surface area contributed by atoms with Crippen LogP contribution in [-0.2, 0) is 14.0 Å². The fraction of sp³-hybridized carbons (Fsp3) is 0.455. The number of hydrogen-bond acceptors (Lipinski definition) is 5. The molecule has 3 heterocycles. The van der Waals surface area contributed by atoms with E-state index in [1.807, 2.05) is 25.7 Å². The molecule has 212 valence electrons. The first-order valence-corrected chi connectivity index (χ1v) is 14.7. The molecule has 1 N–H and O–H groups in total. The largest absolute Gasteiger partial charge is 0.494 e. The van der Waals surface area contributed by atoms with Crippen LogP contribution in [0.2, 0.25) is 0 Å². The number of carbonyl (C=O) groups is 1. The van der Waals surface area contributed by atoms with Crippen molar-refractivity contribution in [3.05, 3.63) is 60.4 Å². The first-order chi connectivity index (χ1) is 19.3. The maximum Gasteiger partial charge on any atom is 0.494 e. The first-order valence-electron chi connectivity index (χ1n) is 14.7. The van der Waals surface area contributed by atoms with Gasteiger partial charge in [-0.2, -0.15) is 0 Å². The highest BCUT2D eigenvalue weighted by Crippen LogP contribution is 2.53. The second-order valence-electron chi connectivity index (χ2n) is 14.0. The summed E-state index contributed by atoms with van der Waals surface area (Å²) in [7, 11) is -0.377. The predicted octanol–water partition coefficient (Wildman–Crippen LogP) is 6.75. The van der Waals surface area contributed by atoms with E-state index in [0.29, 0.717) is 5.92 Å². The average Bonchev–Trinajstić information content (AvgIpc) is 3.24. The van der Waals surface area contributed by atoms with E-state index in [1.54, 1.807) is 0 Å². The van der Waals surface area contributed by atoms with Gasteiger partial charge in [-0.25, -0.2) is 9.78 Å². The summed E-state index contributed by atoms with van der Waals surface area (Å²) in [5, 5.41) is 2.30. The second kappa shape index (κ2) is 8.82. The van der Waals surface area contributed by atoms with Gasteiger partial charge in [0, 0.05) is 6.04 Å². The van der Waals surface area contributed by atoms with Gasteiger partial charge in [-0.1, -0.05) is 36.4 Å². The van der Waals surface area contributed by atoms with Gasteiger partial charge >= 0.3 is 13.2 Å². The fourth-order valence-electron chi connectivity index (χ4n) is 6.21. The van der Waals surface area contributed by atoms with Gasteiger partial charge in [0.25, 0.3) is 0 Å². The molecular formula is C33H38BN3O4. The Labute approximate surface area is 241 Å². The van der Waals surface area contributed by atoms with E-state index in [1.165, 1.54) is 0 Å². The summed E-state index contributed by atoms with van der Waals surface area (Å²) < 4.78 is 18.3. The van der Waals surface area contributed by atoms with Crippen LogP contribution in [0.1, 0.15) is 73.2 Å². The molecule has 1 aromatic heterocycles. The third kappa shape index (κ3) is 4.61. The van der Waals surface area contributed by atoms with Gasteiger partial charge in [-0.3, -0.25) is 4.90 Å². The molecule has 3 aromatic carbocycles. The zero-order valence-electron chi connectivity index (χ0n) is 24.9. The van der Waals surface area contributed by atoms with E-state index in [0.717, 1.165) is 57.1 Å². The molecule has 1 unspecified atom stereocenters. The second-order valence-corrected chi connectivity index (χ2v) is 14.0. The molecule has 8 heteroatoms. The number of rotatable bonds is 3. The summed E-state index contributed by atoms with van der Waals surface area (Å²) in [4.78, 5) is 23.4. The number of nitrogens with zero attached hydrogens (tertiary/aromatic N) is 2. The molecule has 2 saturated heterocycles. The minimum absolute atomic E-state index is 0.0803. The van der Waals surface area contributed by atoms with Crippen molar-refractivity contribution in [2.75, 3.05) is 0 Å². The van der Waals surface area contributed by atoms with Crippen LogP contribution in [0.15, 0.2) is 54.6 Å². The molecular weight excluding hydrogens is 513 g/mol. The third-order valence-electron chi connectivity index (χ3n) is 9.25. The summed E-state index contributed by atoms with van der Waals surface area (Å²) >= 11 is 0. The van der Waals surface area contributed by atoms with Crippen LogP contribution in [0.4, 0.5) is 4.79 Å². The van der Waals surface area contributed by atoms with Crippen molar-refractivity contribution in [1.29, 1.82) is 0 Å². The Morgan fingerprint density at radius 1 is 0.951 bits per heavy atom. The molecule has 1 aliphatic carbocycles. The molecule has 3 aliphatic rings. The summed E-state index contributed by atoms with van der Waals surface area (Å²) in [5.41, 5.74) is 3.89. The standard InChI is InChI=1S/C33H38BN3O4/c1-31(2,3)39-30(38)37-27-17-23(27)18-28(37)29-35-25-13-11-22(16-26(25)36-29)19-8-9-21-15-24(12-10-20(21)14-19)34-40-32(4,5)33(6,7)41-34/h8-16,23,27-28H,17-18H2,1-7H3,(H,35,36)/t23-,27?,28+/m1/s1. The van der Waals surface area contributed by atoms with E-state index in [9.17, 15) is 4.79 Å². The van der Waals surface area contributed by atoms with E-state index in [4.69, 9.17) is 19.0 Å². The van der Waals surface area contributed by atoms with Crippen LogP contribution in [0.3, 0.4) is 0 Å². The zero-order chi connectivity index (χ0) is 28.9. The molecule has 1 amide bonds. The molecule has 7 rings (SSSR count). The van der Waals surface area contributed by atoms with Crippen molar-refractivity contribution in [2.24, 2.45) is 5.92 Å². The lowest BCUT2D eigenvalue weighted by Crippen LogP contribution is -2.41. The van der Waals surface area contributed by atoms with Crippen LogP contribution < -0.4 is 5.46 Å². The number of amides is 1. The fourth-order valence-corrected chi connectivity index (χ4v) is 6.21. The minimum atomic E-state index is -0.523. The lowest BCUT2D eigenvalue weighted by molar-refractivity contribution is 0.00578. The van der Waals surface area contributed by atoms with Crippen molar-refractivity contribution in [3.8, 4) is 11.1 Å². The normalized spacial score (nSPS) is 24.7. The zero-order valence-corrected chi connectivity index (χ0v) is 24.9. The Balaban J connectivity index is 1.14. The van der Waals surface area contributed by atoms with Gasteiger partial charge in [0.1, 0.15) is 11.4 Å². The summed E-state index contributed by atoms with van der Waals surface area (Å²) in [6, 6.07) is 19.4. The van der Waals surface area contributed by atoms with Gasteiger partial charge in [-0.15, -0.1) is 0 Å². The molecule has 0 radical (unpaired) electrons. The number of benzene rings is 3. The van der Waals surface area contributed by atoms with Crippen molar-refractivity contribution in [1.82, 2.24) is 14.9 Å². The number of ether oxygens (including phenoxy) is 1. The molecule has 0 bridgehead atoms. The highest BCUT2D eigenvalue weighted by atomic mass is 16.7. The van der Waals surface area contributed by atoms with Crippen LogP contribution in [0.25, 0.3) is 32.9 Å². The molecule has 2 aliphatic heterocycles. The molecule has 4 aromatic rings. The van der Waals surface area contributed by atoms with E-state index in [-0.39, 0.29) is 36.5 Å². The SMILES string of the molecule is CC(C)(C)OC(=O)N1C2C[C@@H]2C[C@H]1c1nc2ccc(-c3ccc4cc(B5OC(C)(C)C(C)(C)O5)ccc4c3)cc2[nH]1. The number of imidazole rings is 1. The number of likely N-dealkylation sites (tertiary alicyclic amines) is 1. The Hall–Kier alpha value is -3.36. The predicted molar refractivity (Wildman–Crippen MR) is 162 cm³/mol. The quantitative estimate of drug-likeness (QED) is 0.285. The Kier molecular flexibility index (Phi) is 5.71. The minimum Gasteiger partial charge on any atom is -0.444 e. The number of H-pyrrole nitrogens is 1. The lowest BCUT2D eigenvalue weighted by Gasteiger charge is -2.32. The molecule has 3 atom stereocenters. The number of piperidine rings is 1. The van der Waals surface area contributed by atoms with Crippen molar-refractivity contribution in [3.63, 3.8) is 0 Å². The van der Waals surface area contributed by atoms with Crippen LogP contribution in [-0.4, -0.2) is 50.9 Å². The molecule has 3 fully saturated rings. The number of aromatic nitrogens is 2. The highest BCUT2D eigenvalue weighted by molar-refractivity contribution is 6.62. The van der Waals surface area contributed by atoms with Crippen molar-refractivity contribution < 1.29 is 18.8 Å².